The number of halogens is 3. The second-order valence-electron chi connectivity index (χ2n) is 4.00. The van der Waals surface area contributed by atoms with Gasteiger partial charge in [-0.25, -0.2) is 8.42 Å². The zero-order chi connectivity index (χ0) is 14.9. The Hall–Kier alpha value is -0.820. The molecule has 2 rings (SSSR count). The number of sulfonamides is 1. The second-order valence-corrected chi connectivity index (χ2v) is 7.38. The molecule has 0 unspecified atom stereocenters. The third-order valence-corrected chi connectivity index (χ3v) is 5.06. The minimum absolute atomic E-state index is 0.0144. The lowest BCUT2D eigenvalue weighted by molar-refractivity contribution is 0.600. The molecule has 1 N–H and O–H groups in total. The maximum atomic E-state index is 12.3. The van der Waals surface area contributed by atoms with Crippen LogP contribution in [0.25, 0.3) is 0 Å². The van der Waals surface area contributed by atoms with E-state index >= 15 is 0 Å². The highest BCUT2D eigenvalue weighted by Crippen LogP contribution is 2.34. The summed E-state index contributed by atoms with van der Waals surface area (Å²) < 4.78 is 27.5. The van der Waals surface area contributed by atoms with Crippen LogP contribution in [0.5, 0.6) is 0 Å². The van der Waals surface area contributed by atoms with Crippen LogP contribution >= 0.6 is 39.1 Å². The smallest absolute Gasteiger partial charge is 0.263 e. The first-order valence-electron chi connectivity index (χ1n) is 5.39. The van der Waals surface area contributed by atoms with Crippen LogP contribution in [-0.4, -0.2) is 13.4 Å². The van der Waals surface area contributed by atoms with Gasteiger partial charge in [-0.05, 0) is 40.5 Å². The number of anilines is 1. The van der Waals surface area contributed by atoms with Gasteiger partial charge in [-0.15, -0.1) is 0 Å². The lowest BCUT2D eigenvalue weighted by Crippen LogP contribution is -2.14. The molecule has 0 radical (unpaired) electrons. The minimum Gasteiger partial charge on any atom is -0.277 e. The maximum absolute atomic E-state index is 12.3. The summed E-state index contributed by atoms with van der Waals surface area (Å²) in [6.45, 7) is 1.76. The van der Waals surface area contributed by atoms with Gasteiger partial charge in [-0.1, -0.05) is 29.3 Å². The van der Waals surface area contributed by atoms with Crippen molar-refractivity contribution < 1.29 is 8.42 Å². The quantitative estimate of drug-likeness (QED) is 0.844. The average Bonchev–Trinajstić information content (AvgIpc) is 2.39. The summed E-state index contributed by atoms with van der Waals surface area (Å²) in [5, 5.41) is 0.496. The molecule has 1 aromatic heterocycles. The molecule has 1 aromatic carbocycles. The van der Waals surface area contributed by atoms with Crippen LogP contribution in [0.2, 0.25) is 10.0 Å². The van der Waals surface area contributed by atoms with E-state index in [4.69, 9.17) is 23.2 Å². The summed E-state index contributed by atoms with van der Waals surface area (Å²) in [6, 6.07) is 4.73. The minimum atomic E-state index is -3.81. The number of nitrogens with zero attached hydrogens (tertiary/aromatic N) is 1. The molecule has 0 saturated heterocycles. The van der Waals surface area contributed by atoms with Crippen LogP contribution in [0, 0.1) is 6.92 Å². The number of benzene rings is 1. The highest BCUT2D eigenvalue weighted by Gasteiger charge is 2.19. The van der Waals surface area contributed by atoms with Gasteiger partial charge in [0.2, 0.25) is 0 Å². The fraction of sp³-hybridized carbons (Fsp3) is 0.0833. The zero-order valence-electron chi connectivity index (χ0n) is 10.2. The van der Waals surface area contributed by atoms with E-state index in [9.17, 15) is 8.42 Å². The van der Waals surface area contributed by atoms with Crippen LogP contribution in [0.15, 0.2) is 40.0 Å². The van der Waals surface area contributed by atoms with Gasteiger partial charge in [-0.2, -0.15) is 0 Å². The van der Waals surface area contributed by atoms with E-state index in [0.717, 1.165) is 5.56 Å². The van der Waals surface area contributed by atoms with Gasteiger partial charge in [0.15, 0.2) is 0 Å². The van der Waals surface area contributed by atoms with Crippen molar-refractivity contribution in [2.24, 2.45) is 0 Å². The first kappa shape index (κ1) is 15.6. The van der Waals surface area contributed by atoms with Gasteiger partial charge in [0.25, 0.3) is 10.0 Å². The van der Waals surface area contributed by atoms with Crippen molar-refractivity contribution in [3.8, 4) is 0 Å². The number of pyridine rings is 1. The largest absolute Gasteiger partial charge is 0.277 e. The van der Waals surface area contributed by atoms with E-state index < -0.39 is 10.0 Å². The monoisotopic (exact) mass is 394 g/mol. The fourth-order valence-corrected chi connectivity index (χ4v) is 3.66. The topological polar surface area (TPSA) is 59.1 Å². The van der Waals surface area contributed by atoms with Crippen LogP contribution in [0.1, 0.15) is 5.56 Å². The number of hydrogen-bond acceptors (Lipinski definition) is 3. The van der Waals surface area contributed by atoms with Gasteiger partial charge in [0, 0.05) is 16.9 Å². The number of nitrogens with one attached hydrogen (secondary N) is 1. The summed E-state index contributed by atoms with van der Waals surface area (Å²) in [4.78, 5) is 3.84. The Morgan fingerprint density at radius 2 is 1.95 bits per heavy atom. The number of aryl methyl sites for hydroxylation is 1. The van der Waals surface area contributed by atoms with Crippen molar-refractivity contribution in [2.45, 2.75) is 11.8 Å². The predicted molar refractivity (Wildman–Crippen MR) is 83.9 cm³/mol. The van der Waals surface area contributed by atoms with Gasteiger partial charge >= 0.3 is 0 Å². The predicted octanol–water partition coefficient (Wildman–Crippen LogP) is 4.26. The van der Waals surface area contributed by atoms with Crippen molar-refractivity contribution in [1.82, 2.24) is 4.98 Å². The molecule has 8 heteroatoms. The molecular formula is C12H9BrCl2N2O2S. The number of aromatic nitrogens is 1. The van der Waals surface area contributed by atoms with Gasteiger partial charge < -0.3 is 0 Å². The van der Waals surface area contributed by atoms with Crippen LogP contribution in [0.4, 0.5) is 5.69 Å². The van der Waals surface area contributed by atoms with Crippen LogP contribution < -0.4 is 4.72 Å². The molecule has 2 aromatic rings. The van der Waals surface area contributed by atoms with E-state index in [1.165, 1.54) is 18.5 Å². The molecule has 20 heavy (non-hydrogen) atoms. The Balaban J connectivity index is 2.47. The van der Waals surface area contributed by atoms with Crippen molar-refractivity contribution in [3.05, 3.63) is 50.7 Å². The van der Waals surface area contributed by atoms with E-state index in [0.29, 0.717) is 4.47 Å². The summed E-state index contributed by atoms with van der Waals surface area (Å²) in [5.41, 5.74) is 0.884. The molecule has 4 nitrogen and oxygen atoms in total. The van der Waals surface area contributed by atoms with Gasteiger partial charge in [-0.3, -0.25) is 9.71 Å². The van der Waals surface area contributed by atoms with E-state index in [-0.39, 0.29) is 20.6 Å². The molecule has 0 bridgehead atoms. The average molecular weight is 396 g/mol. The first-order valence-corrected chi connectivity index (χ1v) is 8.42. The van der Waals surface area contributed by atoms with Crippen molar-refractivity contribution in [1.29, 1.82) is 0 Å². The zero-order valence-corrected chi connectivity index (χ0v) is 14.1. The molecule has 0 saturated carbocycles. The van der Waals surface area contributed by atoms with E-state index in [2.05, 4.69) is 25.6 Å². The molecule has 0 fully saturated rings. The van der Waals surface area contributed by atoms with Crippen molar-refractivity contribution in [2.75, 3.05) is 4.72 Å². The molecule has 1 heterocycles. The summed E-state index contributed by atoms with van der Waals surface area (Å²) in [6.07, 6.45) is 2.73. The Kier molecular flexibility index (Phi) is 4.59. The molecule has 0 amide bonds. The van der Waals surface area contributed by atoms with Crippen LogP contribution in [-0.2, 0) is 10.0 Å². The standard InChI is InChI=1S/C12H9BrCl2N2O2S/c1-7-2-3-10(14)12(11(7)15)17-20(18,19)9-4-8(13)5-16-6-9/h2-6,17H,1H3. The number of rotatable bonds is 3. The van der Waals surface area contributed by atoms with E-state index in [1.807, 2.05) is 0 Å². The number of hydrogen-bond donors (Lipinski definition) is 1. The molecule has 0 atom stereocenters. The third kappa shape index (κ3) is 3.25. The molecule has 106 valence electrons. The molecule has 0 aliphatic carbocycles. The van der Waals surface area contributed by atoms with Gasteiger partial charge in [0.1, 0.15) is 4.90 Å². The maximum Gasteiger partial charge on any atom is 0.263 e. The summed E-state index contributed by atoms with van der Waals surface area (Å²) in [5.74, 6) is 0. The normalized spacial score (nSPS) is 11.4. The Morgan fingerprint density at radius 1 is 1.25 bits per heavy atom. The fourth-order valence-electron chi connectivity index (χ4n) is 1.48. The lowest BCUT2D eigenvalue weighted by Gasteiger charge is -2.12. The van der Waals surface area contributed by atoms with Crippen LogP contribution in [0.3, 0.4) is 0 Å². The Labute approximate surface area is 135 Å². The lowest BCUT2D eigenvalue weighted by atomic mass is 10.2. The molecule has 0 aliphatic heterocycles. The van der Waals surface area contributed by atoms with Crippen molar-refractivity contribution in [3.63, 3.8) is 0 Å². The SMILES string of the molecule is Cc1ccc(Cl)c(NS(=O)(=O)c2cncc(Br)c2)c1Cl. The summed E-state index contributed by atoms with van der Waals surface area (Å²) in [7, 11) is -3.81. The van der Waals surface area contributed by atoms with Crippen molar-refractivity contribution >= 4 is 54.8 Å². The molecule has 0 spiro atoms. The molecule has 0 aliphatic rings. The Morgan fingerprint density at radius 3 is 2.60 bits per heavy atom. The highest BCUT2D eigenvalue weighted by atomic mass is 79.9. The second kappa shape index (κ2) is 5.89. The summed E-state index contributed by atoms with van der Waals surface area (Å²) >= 11 is 15.3. The van der Waals surface area contributed by atoms with Gasteiger partial charge in [0.05, 0.1) is 15.7 Å². The molecular weight excluding hydrogens is 387 g/mol. The highest BCUT2D eigenvalue weighted by molar-refractivity contribution is 9.10. The third-order valence-electron chi connectivity index (χ3n) is 2.51. The first-order chi connectivity index (χ1) is 9.31. The van der Waals surface area contributed by atoms with E-state index in [1.54, 1.807) is 19.1 Å². The Bertz CT molecular complexity index is 766.